The maximum absolute atomic E-state index is 12.1. The van der Waals surface area contributed by atoms with Gasteiger partial charge < -0.3 is 10.2 Å². The largest absolute Gasteiger partial charge is 0.342 e. The Hall–Kier alpha value is -0.580. The van der Waals surface area contributed by atoms with E-state index < -0.39 is 0 Å². The molecule has 0 radical (unpaired) electrons. The smallest absolute Gasteiger partial charge is 0.227 e. The highest BCUT2D eigenvalue weighted by Gasteiger charge is 2.22. The second kappa shape index (κ2) is 8.56. The van der Waals surface area contributed by atoms with Crippen molar-refractivity contribution in [2.75, 3.05) is 26.7 Å². The fraction of sp³-hybridized carbons (Fsp3) is 0.643. The van der Waals surface area contributed by atoms with Gasteiger partial charge in [-0.25, -0.2) is 0 Å². The number of likely N-dealkylation sites (tertiary alicyclic amines) is 1. The summed E-state index contributed by atoms with van der Waals surface area (Å²) in [6.45, 7) is 2.98. The first kappa shape index (κ1) is 16.5. The number of piperidine rings is 1. The summed E-state index contributed by atoms with van der Waals surface area (Å²) in [6, 6.07) is 4.06. The molecule has 3 nitrogen and oxygen atoms in total. The van der Waals surface area contributed by atoms with Gasteiger partial charge in [-0.05, 0) is 50.2 Å². The van der Waals surface area contributed by atoms with Gasteiger partial charge in [0, 0.05) is 18.0 Å². The van der Waals surface area contributed by atoms with Crippen LogP contribution in [0.2, 0.25) is 0 Å². The van der Waals surface area contributed by atoms with E-state index in [9.17, 15) is 4.79 Å². The van der Waals surface area contributed by atoms with E-state index in [0.29, 0.717) is 12.3 Å². The molecule has 1 fully saturated rings. The summed E-state index contributed by atoms with van der Waals surface area (Å²) in [4.78, 5) is 15.3. The van der Waals surface area contributed by atoms with Gasteiger partial charge in [0.1, 0.15) is 0 Å². The SMILES string of the molecule is CNCCC1CCN(C(=O)Cc2cccs2)CC1.Cl. The molecular weight excluding hydrogens is 280 g/mol. The van der Waals surface area contributed by atoms with Crippen molar-refractivity contribution < 1.29 is 4.79 Å². The first-order valence-corrected chi connectivity index (χ1v) is 7.62. The van der Waals surface area contributed by atoms with E-state index >= 15 is 0 Å². The highest BCUT2D eigenvalue weighted by molar-refractivity contribution is 7.10. The molecule has 5 heteroatoms. The molecule has 0 bridgehead atoms. The fourth-order valence-electron chi connectivity index (χ4n) is 2.49. The average Bonchev–Trinajstić information content (AvgIpc) is 2.89. The van der Waals surface area contributed by atoms with Crippen LogP contribution < -0.4 is 5.32 Å². The molecule has 1 aliphatic rings. The van der Waals surface area contributed by atoms with Crippen LogP contribution >= 0.6 is 23.7 Å². The molecule has 2 heterocycles. The number of thiophene rings is 1. The Morgan fingerprint density at radius 2 is 2.21 bits per heavy atom. The van der Waals surface area contributed by atoms with Crippen LogP contribution in [0.15, 0.2) is 17.5 Å². The minimum Gasteiger partial charge on any atom is -0.342 e. The molecule has 19 heavy (non-hydrogen) atoms. The first-order chi connectivity index (χ1) is 8.79. The molecule has 1 aliphatic heterocycles. The van der Waals surface area contributed by atoms with Crippen molar-refractivity contribution in [3.63, 3.8) is 0 Å². The van der Waals surface area contributed by atoms with E-state index in [1.54, 1.807) is 11.3 Å². The Bertz CT molecular complexity index is 362. The molecule has 1 saturated heterocycles. The zero-order valence-electron chi connectivity index (χ0n) is 11.4. The monoisotopic (exact) mass is 302 g/mol. The molecule has 1 N–H and O–H groups in total. The lowest BCUT2D eigenvalue weighted by Crippen LogP contribution is -2.39. The van der Waals surface area contributed by atoms with Crippen LogP contribution in [0, 0.1) is 5.92 Å². The van der Waals surface area contributed by atoms with Crippen LogP contribution in [0.25, 0.3) is 0 Å². The normalized spacial score (nSPS) is 16.2. The van der Waals surface area contributed by atoms with Gasteiger partial charge in [-0.15, -0.1) is 23.7 Å². The van der Waals surface area contributed by atoms with Crippen molar-refractivity contribution in [1.82, 2.24) is 10.2 Å². The Balaban J connectivity index is 0.00000180. The standard InChI is InChI=1S/C14H22N2OS.ClH/c1-15-7-4-12-5-8-16(9-6-12)14(17)11-13-3-2-10-18-13;/h2-3,10,12,15H,4-9,11H2,1H3;1H. The second-order valence-electron chi connectivity index (χ2n) is 4.97. The van der Waals surface area contributed by atoms with E-state index in [1.165, 1.54) is 11.3 Å². The lowest BCUT2D eigenvalue weighted by molar-refractivity contribution is -0.131. The van der Waals surface area contributed by atoms with Crippen molar-refractivity contribution in [1.29, 1.82) is 0 Å². The molecule has 108 valence electrons. The van der Waals surface area contributed by atoms with Crippen LogP contribution in [-0.4, -0.2) is 37.5 Å². The van der Waals surface area contributed by atoms with Crippen molar-refractivity contribution in [2.45, 2.75) is 25.7 Å². The molecule has 0 spiro atoms. The predicted molar refractivity (Wildman–Crippen MR) is 83.1 cm³/mol. The third-order valence-electron chi connectivity index (χ3n) is 3.68. The van der Waals surface area contributed by atoms with Crippen LogP contribution in [0.3, 0.4) is 0 Å². The Morgan fingerprint density at radius 1 is 1.47 bits per heavy atom. The predicted octanol–water partition coefficient (Wildman–Crippen LogP) is 2.56. The van der Waals surface area contributed by atoms with Gasteiger partial charge in [0.25, 0.3) is 0 Å². The van der Waals surface area contributed by atoms with E-state index in [1.807, 2.05) is 29.5 Å². The van der Waals surface area contributed by atoms with Gasteiger partial charge in [0.2, 0.25) is 5.91 Å². The van der Waals surface area contributed by atoms with Crippen molar-refractivity contribution in [3.8, 4) is 0 Å². The van der Waals surface area contributed by atoms with E-state index in [4.69, 9.17) is 0 Å². The molecule has 0 aliphatic carbocycles. The number of hydrogen-bond donors (Lipinski definition) is 1. The summed E-state index contributed by atoms with van der Waals surface area (Å²) in [7, 11) is 2.00. The number of nitrogens with one attached hydrogen (secondary N) is 1. The average molecular weight is 303 g/mol. The lowest BCUT2D eigenvalue weighted by Gasteiger charge is -2.32. The minimum absolute atomic E-state index is 0. The zero-order chi connectivity index (χ0) is 12.8. The molecular formula is C14H23ClN2OS. The summed E-state index contributed by atoms with van der Waals surface area (Å²) >= 11 is 1.67. The Kier molecular flexibility index (Phi) is 7.42. The number of nitrogens with zero attached hydrogens (tertiary/aromatic N) is 1. The first-order valence-electron chi connectivity index (χ1n) is 6.74. The second-order valence-corrected chi connectivity index (χ2v) is 6.00. The molecule has 1 aromatic heterocycles. The molecule has 0 atom stereocenters. The fourth-order valence-corrected chi connectivity index (χ4v) is 3.19. The molecule has 1 aromatic rings. The Morgan fingerprint density at radius 3 is 2.79 bits per heavy atom. The van der Waals surface area contributed by atoms with Crippen LogP contribution in [0.5, 0.6) is 0 Å². The van der Waals surface area contributed by atoms with Gasteiger partial charge in [0.15, 0.2) is 0 Å². The van der Waals surface area contributed by atoms with Crippen LogP contribution in [0.1, 0.15) is 24.1 Å². The third-order valence-corrected chi connectivity index (χ3v) is 4.55. The van der Waals surface area contributed by atoms with Crippen LogP contribution in [0.4, 0.5) is 0 Å². The summed E-state index contributed by atoms with van der Waals surface area (Å²) < 4.78 is 0. The summed E-state index contributed by atoms with van der Waals surface area (Å²) in [5, 5.41) is 5.23. The summed E-state index contributed by atoms with van der Waals surface area (Å²) in [5.74, 6) is 1.09. The van der Waals surface area contributed by atoms with Gasteiger partial charge in [-0.3, -0.25) is 4.79 Å². The number of hydrogen-bond acceptors (Lipinski definition) is 3. The van der Waals surface area contributed by atoms with E-state index in [0.717, 1.165) is 38.4 Å². The van der Waals surface area contributed by atoms with Crippen molar-refractivity contribution in [2.24, 2.45) is 5.92 Å². The zero-order valence-corrected chi connectivity index (χ0v) is 13.1. The lowest BCUT2D eigenvalue weighted by atomic mass is 9.93. The quantitative estimate of drug-likeness (QED) is 0.906. The third kappa shape index (κ3) is 5.13. The number of carbonyl (C=O) groups is 1. The molecule has 1 amide bonds. The molecule has 0 aromatic carbocycles. The van der Waals surface area contributed by atoms with Crippen molar-refractivity contribution >= 4 is 29.7 Å². The number of amides is 1. The van der Waals surface area contributed by atoms with Gasteiger partial charge in [-0.1, -0.05) is 6.07 Å². The maximum Gasteiger partial charge on any atom is 0.227 e. The number of rotatable bonds is 5. The minimum atomic E-state index is 0. The molecule has 0 unspecified atom stereocenters. The highest BCUT2D eigenvalue weighted by Crippen LogP contribution is 2.21. The van der Waals surface area contributed by atoms with Crippen molar-refractivity contribution in [3.05, 3.63) is 22.4 Å². The summed E-state index contributed by atoms with van der Waals surface area (Å²) in [6.07, 6.45) is 4.15. The Labute approximate surface area is 125 Å². The number of halogens is 1. The summed E-state index contributed by atoms with van der Waals surface area (Å²) in [5.41, 5.74) is 0. The van der Waals surface area contributed by atoms with Gasteiger partial charge in [-0.2, -0.15) is 0 Å². The van der Waals surface area contributed by atoms with Gasteiger partial charge in [0.05, 0.1) is 6.42 Å². The molecule has 2 rings (SSSR count). The topological polar surface area (TPSA) is 32.3 Å². The highest BCUT2D eigenvalue weighted by atomic mass is 35.5. The molecule has 0 saturated carbocycles. The maximum atomic E-state index is 12.1. The van der Waals surface area contributed by atoms with E-state index in [-0.39, 0.29) is 12.4 Å². The van der Waals surface area contributed by atoms with Crippen LogP contribution in [-0.2, 0) is 11.2 Å². The number of carbonyl (C=O) groups excluding carboxylic acids is 1. The van der Waals surface area contributed by atoms with E-state index in [2.05, 4.69) is 5.32 Å². The van der Waals surface area contributed by atoms with Gasteiger partial charge >= 0.3 is 0 Å².